The van der Waals surface area contributed by atoms with E-state index in [1.165, 1.54) is 0 Å². The molecule has 0 saturated heterocycles. The van der Waals surface area contributed by atoms with Gasteiger partial charge in [-0.1, -0.05) is 61.3 Å². The summed E-state index contributed by atoms with van der Waals surface area (Å²) in [5, 5.41) is 18.3. The molecule has 3 aromatic carbocycles. The fourth-order valence-electron chi connectivity index (χ4n) is 4.52. The molecule has 204 valence electrons. The second-order valence-corrected chi connectivity index (χ2v) is 10.9. The highest BCUT2D eigenvalue weighted by Gasteiger charge is 2.21. The molecule has 0 bridgehead atoms. The first-order valence-corrected chi connectivity index (χ1v) is 13.7. The number of carboxylic acid groups (broad SMARTS) is 1. The number of aryl methyl sites for hydroxylation is 2. The third-order valence-corrected chi connectivity index (χ3v) is 7.20. The van der Waals surface area contributed by atoms with Crippen LogP contribution in [0.3, 0.4) is 0 Å². The Morgan fingerprint density at radius 2 is 1.72 bits per heavy atom. The normalized spacial score (nSPS) is 11.3. The molecule has 0 fully saturated rings. The molecular weight excluding hydrogens is 533 g/mol. The molecule has 4 rings (SSSR count). The van der Waals surface area contributed by atoms with Crippen molar-refractivity contribution in [2.45, 2.75) is 53.8 Å². The van der Waals surface area contributed by atoms with Crippen LogP contribution in [-0.2, 0) is 26.1 Å². The summed E-state index contributed by atoms with van der Waals surface area (Å²) in [5.41, 5.74) is 7.27. The highest BCUT2D eigenvalue weighted by Crippen LogP contribution is 2.32. The molecule has 4 aromatic rings. The number of carbonyl (C=O) groups is 1. The van der Waals surface area contributed by atoms with E-state index in [-0.39, 0.29) is 5.56 Å². The number of hydrogen-bond donors (Lipinski definition) is 2. The molecule has 1 aromatic heterocycles. The van der Waals surface area contributed by atoms with Gasteiger partial charge in [0.15, 0.2) is 0 Å². The number of aromatic carboxylic acids is 1. The Kier molecular flexibility index (Phi) is 9.33. The molecule has 0 aliphatic carbocycles. The van der Waals surface area contributed by atoms with Gasteiger partial charge in [-0.2, -0.15) is 5.10 Å². The average Bonchev–Trinajstić information content (AvgIpc) is 3.18. The van der Waals surface area contributed by atoms with E-state index in [1.807, 2.05) is 54.1 Å². The summed E-state index contributed by atoms with van der Waals surface area (Å²) < 4.78 is 8.12. The van der Waals surface area contributed by atoms with Crippen LogP contribution in [0.15, 0.2) is 60.7 Å². The fraction of sp³-hybridized carbons (Fsp3) is 0.290. The van der Waals surface area contributed by atoms with Crippen LogP contribution in [-0.4, -0.2) is 20.9 Å². The number of rotatable bonds is 11. The number of para-hydroxylation sites is 1. The van der Waals surface area contributed by atoms with Gasteiger partial charge in [0.2, 0.25) is 0 Å². The average molecular weight is 567 g/mol. The maximum absolute atomic E-state index is 11.0. The summed E-state index contributed by atoms with van der Waals surface area (Å²) >= 11 is 13.1. The minimum atomic E-state index is -0.921. The van der Waals surface area contributed by atoms with Gasteiger partial charge < -0.3 is 15.2 Å². The first-order chi connectivity index (χ1) is 18.6. The second kappa shape index (κ2) is 12.7. The minimum absolute atomic E-state index is 0.287. The Balaban J connectivity index is 1.47. The number of ether oxygens (including phenoxy) is 1. The number of benzene rings is 3. The second-order valence-electron chi connectivity index (χ2n) is 10.1. The number of aromatic nitrogens is 2. The van der Waals surface area contributed by atoms with Crippen LogP contribution < -0.4 is 10.1 Å². The van der Waals surface area contributed by atoms with Crippen LogP contribution >= 0.6 is 23.2 Å². The number of hydrogen-bond acceptors (Lipinski definition) is 4. The predicted octanol–water partition coefficient (Wildman–Crippen LogP) is 7.56. The van der Waals surface area contributed by atoms with E-state index in [2.05, 4.69) is 32.2 Å². The summed E-state index contributed by atoms with van der Waals surface area (Å²) in [6, 6.07) is 18.4. The van der Waals surface area contributed by atoms with E-state index in [0.717, 1.165) is 45.8 Å². The van der Waals surface area contributed by atoms with E-state index in [4.69, 9.17) is 38.1 Å². The molecule has 0 aliphatic rings. The lowest BCUT2D eigenvalue weighted by molar-refractivity contribution is 0.0697. The Labute approximate surface area is 239 Å². The monoisotopic (exact) mass is 565 g/mol. The van der Waals surface area contributed by atoms with Crippen molar-refractivity contribution >= 4 is 29.2 Å². The zero-order chi connectivity index (χ0) is 28.1. The molecule has 2 N–H and O–H groups in total. The number of halogens is 2. The summed E-state index contributed by atoms with van der Waals surface area (Å²) in [6.07, 6.45) is 0.870. The fourth-order valence-corrected chi connectivity index (χ4v) is 5.08. The Hall–Kier alpha value is -3.32. The third-order valence-electron chi connectivity index (χ3n) is 6.59. The Bertz CT molecular complexity index is 1440. The zero-order valence-electron chi connectivity index (χ0n) is 22.6. The van der Waals surface area contributed by atoms with Crippen molar-refractivity contribution in [1.29, 1.82) is 0 Å². The van der Waals surface area contributed by atoms with Crippen LogP contribution in [0.1, 0.15) is 57.8 Å². The predicted molar refractivity (Wildman–Crippen MR) is 156 cm³/mol. The highest BCUT2D eigenvalue weighted by molar-refractivity contribution is 6.37. The van der Waals surface area contributed by atoms with Crippen molar-refractivity contribution in [3.63, 3.8) is 0 Å². The van der Waals surface area contributed by atoms with Crippen LogP contribution in [0.25, 0.3) is 5.69 Å². The van der Waals surface area contributed by atoms with Crippen molar-refractivity contribution in [1.82, 2.24) is 15.1 Å². The van der Waals surface area contributed by atoms with Crippen LogP contribution in [0.4, 0.5) is 0 Å². The summed E-state index contributed by atoms with van der Waals surface area (Å²) in [4.78, 5) is 11.0. The number of carboxylic acids is 1. The molecule has 0 saturated carbocycles. The van der Waals surface area contributed by atoms with E-state index < -0.39 is 5.97 Å². The first kappa shape index (κ1) is 28.7. The molecular formula is C31H33Cl2N3O3. The summed E-state index contributed by atoms with van der Waals surface area (Å²) in [5.74, 6) is 0.299. The van der Waals surface area contributed by atoms with E-state index in [0.29, 0.717) is 41.3 Å². The number of nitrogens with zero attached hydrogens (tertiary/aromatic N) is 2. The molecule has 0 atom stereocenters. The van der Waals surface area contributed by atoms with Gasteiger partial charge in [-0.05, 0) is 79.3 Å². The third kappa shape index (κ3) is 7.01. The van der Waals surface area contributed by atoms with Crippen LogP contribution in [0, 0.1) is 19.8 Å². The van der Waals surface area contributed by atoms with Gasteiger partial charge in [0.25, 0.3) is 0 Å². The highest BCUT2D eigenvalue weighted by atomic mass is 35.5. The van der Waals surface area contributed by atoms with Gasteiger partial charge in [0.05, 0.1) is 27.0 Å². The zero-order valence-corrected chi connectivity index (χ0v) is 24.1. The summed E-state index contributed by atoms with van der Waals surface area (Å²) in [6.45, 7) is 10.1. The topological polar surface area (TPSA) is 76.4 Å². The first-order valence-electron chi connectivity index (χ1n) is 12.9. The molecule has 0 amide bonds. The maximum Gasteiger partial charge on any atom is 0.335 e. The molecule has 1 heterocycles. The SMILES string of the molecule is Cc1cc(OCc2c(CC(C)C)c(C)nn2-c2c(Cl)cccc2Cl)ccc1CNCc1ccc(C(=O)O)cc1. The van der Waals surface area contributed by atoms with Gasteiger partial charge in [-0.25, -0.2) is 9.48 Å². The smallest absolute Gasteiger partial charge is 0.335 e. The molecule has 8 heteroatoms. The van der Waals surface area contributed by atoms with Crippen molar-refractivity contribution < 1.29 is 14.6 Å². The quantitative estimate of drug-likeness (QED) is 0.196. The van der Waals surface area contributed by atoms with Crippen molar-refractivity contribution in [2.75, 3.05) is 0 Å². The van der Waals surface area contributed by atoms with Crippen molar-refractivity contribution in [3.05, 3.63) is 110 Å². The Morgan fingerprint density at radius 3 is 2.33 bits per heavy atom. The molecule has 0 aliphatic heterocycles. The van der Waals surface area contributed by atoms with Gasteiger partial charge >= 0.3 is 5.97 Å². The lowest BCUT2D eigenvalue weighted by Crippen LogP contribution is -2.14. The van der Waals surface area contributed by atoms with Crippen LogP contribution in [0.2, 0.25) is 10.0 Å². The molecule has 0 spiro atoms. The molecule has 6 nitrogen and oxygen atoms in total. The van der Waals surface area contributed by atoms with Crippen LogP contribution in [0.5, 0.6) is 5.75 Å². The van der Waals surface area contributed by atoms with Gasteiger partial charge in [-0.15, -0.1) is 0 Å². The Morgan fingerprint density at radius 1 is 1.03 bits per heavy atom. The van der Waals surface area contributed by atoms with E-state index in [1.54, 1.807) is 12.1 Å². The largest absolute Gasteiger partial charge is 0.487 e. The van der Waals surface area contributed by atoms with Gasteiger partial charge in [0, 0.05) is 18.7 Å². The lowest BCUT2D eigenvalue weighted by Gasteiger charge is -2.15. The number of nitrogens with one attached hydrogen (secondary N) is 1. The van der Waals surface area contributed by atoms with Crippen molar-refractivity contribution in [2.24, 2.45) is 5.92 Å². The van der Waals surface area contributed by atoms with E-state index >= 15 is 0 Å². The summed E-state index contributed by atoms with van der Waals surface area (Å²) in [7, 11) is 0. The standard InChI is InChI=1S/C31H33Cl2N3O3/c1-19(2)14-26-21(4)35-36(30-27(32)6-5-7-28(30)33)29(26)18-39-25-13-12-24(20(3)15-25)17-34-16-22-8-10-23(11-9-22)31(37)38/h5-13,15,19,34H,14,16-18H2,1-4H3,(H,37,38). The van der Waals surface area contributed by atoms with Gasteiger partial charge in [-0.3, -0.25) is 0 Å². The van der Waals surface area contributed by atoms with Gasteiger partial charge in [0.1, 0.15) is 18.0 Å². The van der Waals surface area contributed by atoms with Crippen molar-refractivity contribution in [3.8, 4) is 11.4 Å². The molecule has 39 heavy (non-hydrogen) atoms. The van der Waals surface area contributed by atoms with E-state index in [9.17, 15) is 4.79 Å². The lowest BCUT2D eigenvalue weighted by atomic mass is 10.0. The molecule has 0 unspecified atom stereocenters. The minimum Gasteiger partial charge on any atom is -0.487 e. The molecule has 0 radical (unpaired) electrons. The maximum atomic E-state index is 11.0.